The second-order valence-corrected chi connectivity index (χ2v) is 10.2. The van der Waals surface area contributed by atoms with Gasteiger partial charge in [-0.25, -0.2) is 0 Å². The number of carbonyl (C=O) groups is 1. The van der Waals surface area contributed by atoms with Gasteiger partial charge in [-0.3, -0.25) is 4.79 Å². The number of aliphatic hydroxyl groups excluding tert-OH is 1. The van der Waals surface area contributed by atoms with Crippen LogP contribution in [-0.4, -0.2) is 17.0 Å². The minimum absolute atomic E-state index is 0.0948. The summed E-state index contributed by atoms with van der Waals surface area (Å²) in [7, 11) is 0. The normalized spacial score (nSPS) is 59.2. The van der Waals surface area contributed by atoms with Crippen molar-refractivity contribution in [3.05, 3.63) is 0 Å². The number of hydrogen-bond donors (Lipinski definition) is 1. The lowest BCUT2D eigenvalue weighted by molar-refractivity contribution is -0.182. The fourth-order valence-electron chi connectivity index (χ4n) is 8.18. The minimum Gasteiger partial charge on any atom is -0.393 e. The van der Waals surface area contributed by atoms with Gasteiger partial charge < -0.3 is 5.11 Å². The highest BCUT2D eigenvalue weighted by Crippen LogP contribution is 2.71. The van der Waals surface area contributed by atoms with Crippen LogP contribution in [0.2, 0.25) is 0 Å². The van der Waals surface area contributed by atoms with E-state index < -0.39 is 0 Å². The molecule has 0 aliphatic heterocycles. The quantitative estimate of drug-likeness (QED) is 0.709. The van der Waals surface area contributed by atoms with Gasteiger partial charge in [0.25, 0.3) is 0 Å². The molecule has 4 saturated carbocycles. The summed E-state index contributed by atoms with van der Waals surface area (Å²) in [6.45, 7) is 9.61. The zero-order valence-electron chi connectivity index (χ0n) is 15.4. The molecule has 0 radical (unpaired) electrons. The van der Waals surface area contributed by atoms with Crippen LogP contribution < -0.4 is 0 Å². The van der Waals surface area contributed by atoms with E-state index in [1.165, 1.54) is 32.1 Å². The average molecular weight is 319 g/mol. The summed E-state index contributed by atoms with van der Waals surface area (Å²) in [6, 6.07) is 0. The Balaban J connectivity index is 1.72. The Morgan fingerprint density at radius 1 is 0.870 bits per heavy atom. The van der Waals surface area contributed by atoms with E-state index in [1.807, 2.05) is 0 Å². The van der Waals surface area contributed by atoms with Gasteiger partial charge in [-0.1, -0.05) is 27.7 Å². The lowest BCUT2D eigenvalue weighted by Crippen LogP contribution is -2.60. The van der Waals surface area contributed by atoms with E-state index in [1.54, 1.807) is 0 Å². The van der Waals surface area contributed by atoms with Crippen molar-refractivity contribution >= 4 is 5.78 Å². The Labute approximate surface area is 141 Å². The number of rotatable bonds is 0. The largest absolute Gasteiger partial charge is 0.393 e. The van der Waals surface area contributed by atoms with Gasteiger partial charge in [-0.05, 0) is 78.9 Å². The van der Waals surface area contributed by atoms with Crippen LogP contribution in [0.1, 0.15) is 79.1 Å². The minimum atomic E-state index is -0.0948. The number of hydrogen-bond acceptors (Lipinski definition) is 2. The number of Topliss-reactive ketones (excluding diaryl/α,β-unsaturated/α-hetero) is 1. The third-order valence-electron chi connectivity index (χ3n) is 9.51. The highest BCUT2D eigenvalue weighted by molar-refractivity contribution is 5.82. The molecule has 8 atom stereocenters. The molecule has 2 heteroatoms. The van der Waals surface area contributed by atoms with E-state index in [4.69, 9.17) is 0 Å². The molecule has 0 saturated heterocycles. The van der Waals surface area contributed by atoms with E-state index in [-0.39, 0.29) is 17.4 Å². The van der Waals surface area contributed by atoms with E-state index in [2.05, 4.69) is 27.7 Å². The predicted octanol–water partition coefficient (Wildman–Crippen LogP) is 4.60. The van der Waals surface area contributed by atoms with Gasteiger partial charge in [0.2, 0.25) is 0 Å². The molecule has 4 aliphatic rings. The Hall–Kier alpha value is -0.370. The van der Waals surface area contributed by atoms with E-state index in [9.17, 15) is 9.90 Å². The van der Waals surface area contributed by atoms with E-state index in [0.29, 0.717) is 28.4 Å². The molecular weight excluding hydrogens is 284 g/mol. The molecule has 0 bridgehead atoms. The fraction of sp³-hybridized carbons (Fsp3) is 0.952. The zero-order valence-corrected chi connectivity index (χ0v) is 15.4. The second-order valence-electron chi connectivity index (χ2n) is 10.2. The smallest absolute Gasteiger partial charge is 0.136 e. The lowest BCUT2D eigenvalue weighted by Gasteiger charge is -2.66. The first-order valence-corrected chi connectivity index (χ1v) is 9.94. The number of fused-ring (bicyclic) bond motifs is 5. The van der Waals surface area contributed by atoms with Crippen LogP contribution in [0.25, 0.3) is 0 Å². The van der Waals surface area contributed by atoms with Crippen LogP contribution in [0.15, 0.2) is 0 Å². The van der Waals surface area contributed by atoms with Gasteiger partial charge >= 0.3 is 0 Å². The summed E-state index contributed by atoms with van der Waals surface area (Å²) < 4.78 is 0. The van der Waals surface area contributed by atoms with Crippen molar-refractivity contribution in [3.63, 3.8) is 0 Å². The highest BCUT2D eigenvalue weighted by atomic mass is 16.3. The standard InChI is InChI=1S/C21H34O2/c1-13-14-7-10-20(3)16-5-6-18(23)21(16,4)12-9-17(20)19(14,2)11-8-15(13)22/h13-14,16-18,23H,5-12H2,1-4H3/t13?,14?,16-,17+,18?,19-,20-,21-/m0/s1. The molecule has 3 unspecified atom stereocenters. The fourth-order valence-corrected chi connectivity index (χ4v) is 8.18. The molecule has 130 valence electrons. The number of carbonyl (C=O) groups excluding carboxylic acids is 1. The topological polar surface area (TPSA) is 37.3 Å². The Morgan fingerprint density at radius 3 is 2.26 bits per heavy atom. The van der Waals surface area contributed by atoms with Crippen LogP contribution in [0.3, 0.4) is 0 Å². The molecule has 23 heavy (non-hydrogen) atoms. The van der Waals surface area contributed by atoms with Gasteiger partial charge in [0.15, 0.2) is 0 Å². The third-order valence-corrected chi connectivity index (χ3v) is 9.51. The Morgan fingerprint density at radius 2 is 1.52 bits per heavy atom. The van der Waals surface area contributed by atoms with Gasteiger partial charge in [0, 0.05) is 12.3 Å². The van der Waals surface area contributed by atoms with Crippen LogP contribution in [0.4, 0.5) is 0 Å². The van der Waals surface area contributed by atoms with Crippen molar-refractivity contribution in [2.24, 2.45) is 39.9 Å². The summed E-state index contributed by atoms with van der Waals surface area (Å²) in [5.41, 5.74) is 0.857. The van der Waals surface area contributed by atoms with Crippen molar-refractivity contribution in [2.75, 3.05) is 0 Å². The maximum atomic E-state index is 12.3. The van der Waals surface area contributed by atoms with Gasteiger partial charge in [-0.2, -0.15) is 0 Å². The summed E-state index contributed by atoms with van der Waals surface area (Å²) in [4.78, 5) is 12.3. The van der Waals surface area contributed by atoms with Crippen LogP contribution >= 0.6 is 0 Å². The molecule has 0 aromatic heterocycles. The molecule has 0 amide bonds. The van der Waals surface area contributed by atoms with Gasteiger partial charge in [0.05, 0.1) is 6.10 Å². The second kappa shape index (κ2) is 4.84. The predicted molar refractivity (Wildman–Crippen MR) is 91.9 cm³/mol. The van der Waals surface area contributed by atoms with E-state index in [0.717, 1.165) is 25.2 Å². The van der Waals surface area contributed by atoms with Crippen molar-refractivity contribution in [2.45, 2.75) is 85.2 Å². The molecule has 0 aromatic rings. The molecular formula is C21H34O2. The zero-order chi connectivity index (χ0) is 16.6. The molecule has 4 aliphatic carbocycles. The first-order chi connectivity index (χ1) is 10.7. The average Bonchev–Trinajstić information content (AvgIpc) is 2.80. The summed E-state index contributed by atoms with van der Waals surface area (Å²) in [6.07, 6.45) is 8.94. The van der Waals surface area contributed by atoms with Crippen molar-refractivity contribution in [3.8, 4) is 0 Å². The van der Waals surface area contributed by atoms with Crippen molar-refractivity contribution < 1.29 is 9.90 Å². The molecule has 2 nitrogen and oxygen atoms in total. The summed E-state index contributed by atoms with van der Waals surface area (Å²) in [5, 5.41) is 10.6. The summed E-state index contributed by atoms with van der Waals surface area (Å²) >= 11 is 0. The van der Waals surface area contributed by atoms with Gasteiger partial charge in [-0.15, -0.1) is 0 Å². The Kier molecular flexibility index (Phi) is 3.39. The maximum Gasteiger partial charge on any atom is 0.136 e. The SMILES string of the molecule is CC1C(=O)CC[C@@]2(C)C1CC[C@]1(C)[C@@H]2CC[C@]2(C)C(O)CC[C@@H]12. The maximum absolute atomic E-state index is 12.3. The first kappa shape index (κ1) is 16.1. The first-order valence-electron chi connectivity index (χ1n) is 9.94. The molecule has 4 fully saturated rings. The number of ketones is 1. The lowest BCUT2D eigenvalue weighted by atomic mass is 9.39. The third kappa shape index (κ3) is 1.88. The van der Waals surface area contributed by atoms with Crippen LogP contribution in [-0.2, 0) is 4.79 Å². The monoisotopic (exact) mass is 318 g/mol. The molecule has 0 spiro atoms. The van der Waals surface area contributed by atoms with Crippen LogP contribution in [0, 0.1) is 39.9 Å². The molecule has 0 heterocycles. The Bertz CT molecular complexity index is 528. The van der Waals surface area contributed by atoms with Crippen molar-refractivity contribution in [1.82, 2.24) is 0 Å². The highest BCUT2D eigenvalue weighted by Gasteiger charge is 2.65. The number of aliphatic hydroxyl groups is 1. The summed E-state index contributed by atoms with van der Waals surface area (Å²) in [5.74, 6) is 2.79. The van der Waals surface area contributed by atoms with E-state index >= 15 is 0 Å². The van der Waals surface area contributed by atoms with Crippen LogP contribution in [0.5, 0.6) is 0 Å². The van der Waals surface area contributed by atoms with Gasteiger partial charge in [0.1, 0.15) is 5.78 Å². The molecule has 4 rings (SSSR count). The molecule has 1 N–H and O–H groups in total. The van der Waals surface area contributed by atoms with Crippen molar-refractivity contribution in [1.29, 1.82) is 0 Å². The molecule has 0 aromatic carbocycles.